The van der Waals surface area contributed by atoms with E-state index in [1.54, 1.807) is 7.11 Å². The zero-order chi connectivity index (χ0) is 15.2. The van der Waals surface area contributed by atoms with Gasteiger partial charge in [0.05, 0.1) is 7.11 Å². The first-order valence-electron chi connectivity index (χ1n) is 7.34. The molecule has 2 rings (SSSR count). The maximum atomic E-state index is 12.5. The van der Waals surface area contributed by atoms with Gasteiger partial charge in [-0.2, -0.15) is 0 Å². The summed E-state index contributed by atoms with van der Waals surface area (Å²) in [6, 6.07) is 15.6. The Bertz CT molecular complexity index is 614. The largest absolute Gasteiger partial charge is 0.496 e. The third-order valence-corrected chi connectivity index (χ3v) is 3.44. The van der Waals surface area contributed by atoms with Gasteiger partial charge in [-0.05, 0) is 30.0 Å². The number of carbonyl (C=O) groups excluding carboxylic acids is 1. The van der Waals surface area contributed by atoms with Crippen LogP contribution in [0.25, 0.3) is 0 Å². The molecule has 2 aromatic carbocycles. The molecule has 0 bridgehead atoms. The average Bonchev–Trinajstić information content (AvgIpc) is 2.47. The number of ketones is 1. The fraction of sp³-hybridized carbons (Fsp3) is 0.316. The summed E-state index contributed by atoms with van der Waals surface area (Å²) in [7, 11) is 1.63. The highest BCUT2D eigenvalue weighted by atomic mass is 16.5. The number of para-hydroxylation sites is 1. The fourth-order valence-electron chi connectivity index (χ4n) is 2.47. The van der Waals surface area contributed by atoms with E-state index in [1.165, 1.54) is 5.56 Å². The normalized spacial score (nSPS) is 10.7. The van der Waals surface area contributed by atoms with Crippen molar-refractivity contribution in [1.82, 2.24) is 0 Å². The highest BCUT2D eigenvalue weighted by molar-refractivity contribution is 5.97. The number of methoxy groups -OCH3 is 1. The van der Waals surface area contributed by atoms with Gasteiger partial charge < -0.3 is 4.74 Å². The average molecular weight is 282 g/mol. The zero-order valence-corrected chi connectivity index (χ0v) is 12.9. The summed E-state index contributed by atoms with van der Waals surface area (Å²) in [6.45, 7) is 4.37. The fourth-order valence-corrected chi connectivity index (χ4v) is 2.47. The lowest BCUT2D eigenvalue weighted by atomic mass is 9.97. The second kappa shape index (κ2) is 7.07. The minimum Gasteiger partial charge on any atom is -0.496 e. The Morgan fingerprint density at radius 2 is 1.86 bits per heavy atom. The molecule has 0 saturated heterocycles. The summed E-state index contributed by atoms with van der Waals surface area (Å²) in [5, 5.41) is 0. The number of hydrogen-bond donors (Lipinski definition) is 0. The van der Waals surface area contributed by atoms with Crippen LogP contribution >= 0.6 is 0 Å². The molecule has 0 aliphatic carbocycles. The van der Waals surface area contributed by atoms with Crippen molar-refractivity contribution in [3.63, 3.8) is 0 Å². The van der Waals surface area contributed by atoms with Crippen molar-refractivity contribution in [1.29, 1.82) is 0 Å². The molecule has 0 radical (unpaired) electrons. The molecule has 0 fully saturated rings. The third-order valence-electron chi connectivity index (χ3n) is 3.44. The van der Waals surface area contributed by atoms with E-state index in [-0.39, 0.29) is 5.78 Å². The first-order valence-corrected chi connectivity index (χ1v) is 7.34. The number of benzene rings is 2. The van der Waals surface area contributed by atoms with Crippen molar-refractivity contribution in [2.45, 2.75) is 26.7 Å². The Kier molecular flexibility index (Phi) is 5.15. The maximum absolute atomic E-state index is 12.5. The molecular weight excluding hydrogens is 260 g/mol. The van der Waals surface area contributed by atoms with Crippen LogP contribution in [0.2, 0.25) is 0 Å². The molecule has 0 atom stereocenters. The Hall–Kier alpha value is -2.09. The van der Waals surface area contributed by atoms with E-state index in [2.05, 4.69) is 19.9 Å². The Labute approximate surface area is 126 Å². The van der Waals surface area contributed by atoms with Crippen LogP contribution in [0.5, 0.6) is 5.75 Å². The van der Waals surface area contributed by atoms with Crippen molar-refractivity contribution in [3.8, 4) is 5.75 Å². The maximum Gasteiger partial charge on any atom is 0.167 e. The quantitative estimate of drug-likeness (QED) is 0.738. The van der Waals surface area contributed by atoms with Crippen LogP contribution < -0.4 is 4.74 Å². The minimum absolute atomic E-state index is 0.130. The summed E-state index contributed by atoms with van der Waals surface area (Å²) in [4.78, 5) is 12.5. The van der Waals surface area contributed by atoms with Crippen molar-refractivity contribution >= 4 is 5.78 Å². The zero-order valence-electron chi connectivity index (χ0n) is 12.9. The molecule has 0 spiro atoms. The molecule has 0 saturated carbocycles. The summed E-state index contributed by atoms with van der Waals surface area (Å²) < 4.78 is 5.31. The molecule has 0 aliphatic rings. The van der Waals surface area contributed by atoms with Crippen molar-refractivity contribution in [3.05, 3.63) is 65.2 Å². The lowest BCUT2D eigenvalue weighted by Crippen LogP contribution is -2.06. The molecule has 0 unspecified atom stereocenters. The van der Waals surface area contributed by atoms with Gasteiger partial charge in [-0.1, -0.05) is 50.2 Å². The van der Waals surface area contributed by atoms with Crippen molar-refractivity contribution in [2.24, 2.45) is 5.92 Å². The second-order valence-electron chi connectivity index (χ2n) is 5.71. The standard InChI is InChI=1S/C19H22O2/c1-14(2)11-15-7-6-9-16(12-15)18(20)13-17-8-4-5-10-19(17)21-3/h4-10,12,14H,11,13H2,1-3H3. The molecule has 2 aromatic rings. The summed E-state index contributed by atoms with van der Waals surface area (Å²) in [5.74, 6) is 1.49. The topological polar surface area (TPSA) is 26.3 Å². The van der Waals surface area contributed by atoms with E-state index in [0.29, 0.717) is 12.3 Å². The lowest BCUT2D eigenvalue weighted by Gasteiger charge is -2.09. The van der Waals surface area contributed by atoms with Crippen LogP contribution in [-0.4, -0.2) is 12.9 Å². The molecule has 0 aliphatic heterocycles. The van der Waals surface area contributed by atoms with Gasteiger partial charge in [0.25, 0.3) is 0 Å². The minimum atomic E-state index is 0.130. The molecule has 0 N–H and O–H groups in total. The van der Waals surface area contributed by atoms with Crippen LogP contribution in [0.3, 0.4) is 0 Å². The Morgan fingerprint density at radius 3 is 2.57 bits per heavy atom. The second-order valence-corrected chi connectivity index (χ2v) is 5.71. The summed E-state index contributed by atoms with van der Waals surface area (Å²) in [5.41, 5.74) is 2.93. The van der Waals surface area contributed by atoms with Gasteiger partial charge in [-0.15, -0.1) is 0 Å². The molecule has 2 nitrogen and oxygen atoms in total. The molecule has 110 valence electrons. The van der Waals surface area contributed by atoms with Gasteiger partial charge in [0.15, 0.2) is 5.78 Å². The van der Waals surface area contributed by atoms with Crippen molar-refractivity contribution < 1.29 is 9.53 Å². The first-order chi connectivity index (χ1) is 10.1. The van der Waals surface area contributed by atoms with Gasteiger partial charge in [0, 0.05) is 17.5 Å². The lowest BCUT2D eigenvalue weighted by molar-refractivity contribution is 0.0992. The smallest absolute Gasteiger partial charge is 0.167 e. The molecule has 0 amide bonds. The molecule has 0 heterocycles. The van der Waals surface area contributed by atoms with E-state index in [1.807, 2.05) is 42.5 Å². The first kappa shape index (κ1) is 15.3. The van der Waals surface area contributed by atoms with Crippen LogP contribution in [0.1, 0.15) is 35.3 Å². The number of rotatable bonds is 6. The van der Waals surface area contributed by atoms with Gasteiger partial charge in [0.1, 0.15) is 5.75 Å². The van der Waals surface area contributed by atoms with Gasteiger partial charge in [0.2, 0.25) is 0 Å². The number of hydrogen-bond acceptors (Lipinski definition) is 2. The Balaban J connectivity index is 2.16. The van der Waals surface area contributed by atoms with E-state index in [9.17, 15) is 4.79 Å². The summed E-state index contributed by atoms with van der Waals surface area (Å²) in [6.07, 6.45) is 1.37. The van der Waals surface area contributed by atoms with Crippen LogP contribution in [-0.2, 0) is 12.8 Å². The third kappa shape index (κ3) is 4.19. The highest BCUT2D eigenvalue weighted by Gasteiger charge is 2.11. The monoisotopic (exact) mass is 282 g/mol. The predicted octanol–water partition coefficient (Wildman–Crippen LogP) is 4.32. The van der Waals surface area contributed by atoms with Crippen LogP contribution in [0.15, 0.2) is 48.5 Å². The summed E-state index contributed by atoms with van der Waals surface area (Å²) >= 11 is 0. The van der Waals surface area contributed by atoms with Gasteiger partial charge in [-0.3, -0.25) is 4.79 Å². The van der Waals surface area contributed by atoms with Crippen molar-refractivity contribution in [2.75, 3.05) is 7.11 Å². The van der Waals surface area contributed by atoms with E-state index in [4.69, 9.17) is 4.74 Å². The van der Waals surface area contributed by atoms with E-state index < -0.39 is 0 Å². The Morgan fingerprint density at radius 1 is 1.10 bits per heavy atom. The van der Waals surface area contributed by atoms with Gasteiger partial charge >= 0.3 is 0 Å². The number of Topliss-reactive ketones (excluding diaryl/α,β-unsaturated/α-hetero) is 1. The van der Waals surface area contributed by atoms with E-state index in [0.717, 1.165) is 23.3 Å². The SMILES string of the molecule is COc1ccccc1CC(=O)c1cccc(CC(C)C)c1. The molecule has 21 heavy (non-hydrogen) atoms. The molecule has 2 heteroatoms. The van der Waals surface area contributed by atoms with Crippen LogP contribution in [0, 0.1) is 5.92 Å². The molecule has 0 aromatic heterocycles. The van der Waals surface area contributed by atoms with E-state index >= 15 is 0 Å². The number of ether oxygens (including phenoxy) is 1. The van der Waals surface area contributed by atoms with Gasteiger partial charge in [-0.25, -0.2) is 0 Å². The predicted molar refractivity (Wildman–Crippen MR) is 86.0 cm³/mol. The highest BCUT2D eigenvalue weighted by Crippen LogP contribution is 2.20. The molecular formula is C19H22O2. The number of carbonyl (C=O) groups is 1. The van der Waals surface area contributed by atoms with Crippen LogP contribution in [0.4, 0.5) is 0 Å².